The molecule has 2 unspecified atom stereocenters. The van der Waals surface area contributed by atoms with E-state index in [0.717, 1.165) is 128 Å². The van der Waals surface area contributed by atoms with Crippen molar-refractivity contribution >= 4 is 59.7 Å². The lowest BCUT2D eigenvalue weighted by molar-refractivity contribution is -0.161. The van der Waals surface area contributed by atoms with Crippen molar-refractivity contribution in [2.45, 2.75) is 194 Å². The van der Waals surface area contributed by atoms with Gasteiger partial charge in [-0.1, -0.05) is 89.9 Å². The van der Waals surface area contributed by atoms with E-state index in [4.69, 9.17) is 47.4 Å². The number of rotatable bonds is 55. The monoisotopic (exact) mass is 1200 g/mol. The summed E-state index contributed by atoms with van der Waals surface area (Å²) in [5.41, 5.74) is 0. The Kier molecular flexibility index (Phi) is 49.6. The van der Waals surface area contributed by atoms with Crippen LogP contribution in [0, 0.1) is 0 Å². The summed E-state index contributed by atoms with van der Waals surface area (Å²) in [5, 5.41) is 0. The molecule has 0 saturated carbocycles. The molecule has 0 bridgehead atoms. The van der Waals surface area contributed by atoms with E-state index in [1.54, 1.807) is 47.8 Å². The van der Waals surface area contributed by atoms with Crippen LogP contribution in [0.5, 0.6) is 0 Å². The highest BCUT2D eigenvalue weighted by molar-refractivity contribution is 5.74. The van der Waals surface area contributed by atoms with Gasteiger partial charge in [0.25, 0.3) is 0 Å². The maximum atomic E-state index is 12.7. The predicted molar refractivity (Wildman–Crippen MR) is 311 cm³/mol. The molecule has 0 spiro atoms. The van der Waals surface area contributed by atoms with Gasteiger partial charge >= 0.3 is 59.7 Å². The van der Waals surface area contributed by atoms with Gasteiger partial charge in [0.05, 0.1) is 39.4 Å². The third-order valence-electron chi connectivity index (χ3n) is 13.0. The highest BCUT2D eigenvalue weighted by Crippen LogP contribution is 2.16. The Morgan fingerprint density at radius 2 is 0.524 bits per heavy atom. The van der Waals surface area contributed by atoms with Crippen molar-refractivity contribution in [1.29, 1.82) is 0 Å². The maximum Gasteiger partial charge on any atom is 0.320 e. The molecule has 0 rings (SSSR count). The summed E-state index contributed by atoms with van der Waals surface area (Å²) in [4.78, 5) is 126. The van der Waals surface area contributed by atoms with E-state index in [0.29, 0.717) is 65.1 Å². The lowest BCUT2D eigenvalue weighted by atomic mass is 10.1. The van der Waals surface area contributed by atoms with Gasteiger partial charge in [0, 0.05) is 66.7 Å². The van der Waals surface area contributed by atoms with Crippen LogP contribution in [0.4, 0.5) is 0 Å². The largest absolute Gasteiger partial charge is 0.466 e. The van der Waals surface area contributed by atoms with Crippen molar-refractivity contribution in [3.63, 3.8) is 0 Å². The van der Waals surface area contributed by atoms with Gasteiger partial charge in [0.1, 0.15) is 51.8 Å². The third kappa shape index (κ3) is 54.5. The van der Waals surface area contributed by atoms with Crippen molar-refractivity contribution in [2.24, 2.45) is 0 Å². The Bertz CT molecular complexity index is 1710. The highest BCUT2D eigenvalue weighted by Gasteiger charge is 2.21. The molecule has 0 aromatic carbocycles. The van der Waals surface area contributed by atoms with Crippen molar-refractivity contribution in [2.75, 3.05) is 133 Å². The second-order valence-electron chi connectivity index (χ2n) is 21.5. The average molecular weight is 1200 g/mol. The summed E-state index contributed by atoms with van der Waals surface area (Å²) in [6.07, 6.45) is 18.9. The molecule has 24 nitrogen and oxygen atoms in total. The fourth-order valence-corrected chi connectivity index (χ4v) is 8.32. The van der Waals surface area contributed by atoms with E-state index in [1.165, 1.54) is 27.7 Å². The number of unbranched alkanes of at least 4 members (excludes halogenated alkanes) is 17. The van der Waals surface area contributed by atoms with Crippen molar-refractivity contribution in [3.8, 4) is 0 Å². The van der Waals surface area contributed by atoms with Crippen molar-refractivity contribution in [1.82, 2.24) is 19.6 Å². The molecule has 0 heterocycles. The minimum Gasteiger partial charge on any atom is -0.466 e. The number of esters is 10. The minimum absolute atomic E-state index is 0.0212. The average Bonchev–Trinajstić information content (AvgIpc) is 3.41. The lowest BCUT2D eigenvalue weighted by Gasteiger charge is -2.21. The molecular formula is C60H106N4O20. The Morgan fingerprint density at radius 3 is 0.810 bits per heavy atom. The van der Waals surface area contributed by atoms with E-state index in [-0.39, 0.29) is 77.8 Å². The molecule has 0 aliphatic carbocycles. The molecule has 24 heteroatoms. The van der Waals surface area contributed by atoms with E-state index in [9.17, 15) is 47.9 Å². The second kappa shape index (κ2) is 53.0. The normalized spacial score (nSPS) is 11.9. The Balaban J connectivity index is 4.17. The highest BCUT2D eigenvalue weighted by atomic mass is 16.6. The topological polar surface area (TPSA) is 276 Å². The quantitative estimate of drug-likeness (QED) is 0.0366. The van der Waals surface area contributed by atoms with Gasteiger partial charge in [-0.2, -0.15) is 0 Å². The van der Waals surface area contributed by atoms with Crippen LogP contribution < -0.4 is 0 Å². The van der Waals surface area contributed by atoms with Gasteiger partial charge in [0.2, 0.25) is 0 Å². The Hall–Kier alpha value is -5.46. The molecule has 0 aromatic rings. The van der Waals surface area contributed by atoms with Crippen LogP contribution in [-0.4, -0.2) is 225 Å². The van der Waals surface area contributed by atoms with Gasteiger partial charge in [-0.25, -0.2) is 0 Å². The molecular weight excluding hydrogens is 1100 g/mol. The zero-order valence-electron chi connectivity index (χ0n) is 52.4. The van der Waals surface area contributed by atoms with Crippen LogP contribution in [-0.2, 0) is 95.3 Å². The van der Waals surface area contributed by atoms with E-state index < -0.39 is 60.0 Å². The van der Waals surface area contributed by atoms with E-state index in [1.807, 2.05) is 0 Å². The molecule has 2 atom stereocenters. The first-order valence-corrected chi connectivity index (χ1v) is 30.4. The molecule has 0 fully saturated rings. The molecule has 0 N–H and O–H groups in total. The zero-order chi connectivity index (χ0) is 62.6. The first-order chi connectivity index (χ1) is 40.1. The van der Waals surface area contributed by atoms with Crippen LogP contribution >= 0.6 is 0 Å². The number of carbonyl (C=O) groups is 10. The second-order valence-corrected chi connectivity index (χ2v) is 21.5. The van der Waals surface area contributed by atoms with E-state index in [2.05, 4.69) is 0 Å². The number of nitrogens with zero attached hydrogens (tertiary/aromatic N) is 4. The minimum atomic E-state index is -0.630. The van der Waals surface area contributed by atoms with Crippen LogP contribution in [0.25, 0.3) is 0 Å². The van der Waals surface area contributed by atoms with E-state index >= 15 is 0 Å². The van der Waals surface area contributed by atoms with Crippen LogP contribution in [0.3, 0.4) is 0 Å². The smallest absolute Gasteiger partial charge is 0.320 e. The first-order valence-electron chi connectivity index (χ1n) is 30.4. The number of likely N-dealkylation sites (N-methyl/N-ethyl adjacent to an activating group) is 4. The van der Waals surface area contributed by atoms with Gasteiger partial charge in [-0.15, -0.1) is 0 Å². The van der Waals surface area contributed by atoms with Crippen LogP contribution in [0.15, 0.2) is 0 Å². The Morgan fingerprint density at radius 1 is 0.274 bits per heavy atom. The molecule has 0 saturated heterocycles. The summed E-state index contributed by atoms with van der Waals surface area (Å²) in [7, 11) is 6.83. The van der Waals surface area contributed by atoms with Crippen molar-refractivity contribution < 1.29 is 95.3 Å². The fraction of sp³-hybridized carbons (Fsp3) is 0.833. The number of hydrogen-bond acceptors (Lipinski definition) is 24. The van der Waals surface area contributed by atoms with Gasteiger partial charge in [-0.05, 0) is 79.6 Å². The van der Waals surface area contributed by atoms with Gasteiger partial charge in [0.15, 0.2) is 0 Å². The molecule has 0 aromatic heterocycles. The number of hydrogen-bond donors (Lipinski definition) is 0. The summed E-state index contributed by atoms with van der Waals surface area (Å²) in [5.74, 6) is -3.90. The Labute approximate surface area is 500 Å². The standard InChI is InChI=1S/C60H106N4O20/c1-49(65)75-39-33-61(5)43-57(71)81-47-53(83-59(73)45-63(7)35-41-77-51(3)67)29-23-17-11-13-19-25-31-55(69)79-37-27-21-15-9-10-16-22-28-38-80-56(70)32-26-20-14-12-18-24-30-54(84-60(74)46-64(8)36-42-78-52(4)68)48-82-58(72)44-62(6)34-40-76-50(2)66/h53-54H,9-48H2,1-8H3. The van der Waals surface area contributed by atoms with Crippen LogP contribution in [0.1, 0.15) is 182 Å². The van der Waals surface area contributed by atoms with Crippen LogP contribution in [0.2, 0.25) is 0 Å². The zero-order valence-corrected chi connectivity index (χ0v) is 52.4. The van der Waals surface area contributed by atoms with Gasteiger partial charge < -0.3 is 47.4 Å². The molecule has 0 aliphatic rings. The maximum absolute atomic E-state index is 12.7. The number of ether oxygens (including phenoxy) is 10. The lowest BCUT2D eigenvalue weighted by Crippen LogP contribution is -2.35. The fourth-order valence-electron chi connectivity index (χ4n) is 8.32. The third-order valence-corrected chi connectivity index (χ3v) is 13.0. The molecule has 486 valence electrons. The molecule has 0 radical (unpaired) electrons. The first kappa shape index (κ1) is 78.5. The summed E-state index contributed by atoms with van der Waals surface area (Å²) in [6, 6.07) is 0. The summed E-state index contributed by atoms with van der Waals surface area (Å²) < 4.78 is 52.9. The molecule has 84 heavy (non-hydrogen) atoms. The summed E-state index contributed by atoms with van der Waals surface area (Å²) >= 11 is 0. The number of carbonyl (C=O) groups excluding carboxylic acids is 10. The SMILES string of the molecule is CC(=O)OCCN(C)CC(=O)OCC(CCCCCCCCC(=O)OCCCCCCCCCCOC(=O)CCCCCCCCC(COC(=O)CN(C)CCOC(C)=O)OC(=O)CN(C)CCOC(C)=O)OC(=O)CN(C)CCOC(C)=O. The summed E-state index contributed by atoms with van der Waals surface area (Å²) in [6.45, 7) is 7.86. The molecule has 0 amide bonds. The van der Waals surface area contributed by atoms with Gasteiger partial charge in [-0.3, -0.25) is 67.5 Å². The van der Waals surface area contributed by atoms with Crippen molar-refractivity contribution in [3.05, 3.63) is 0 Å². The predicted octanol–water partition coefficient (Wildman–Crippen LogP) is 6.32. The molecule has 0 aliphatic heterocycles.